The molecule has 0 unspecified atom stereocenters. The molecule has 0 amide bonds. The Morgan fingerprint density at radius 2 is 1.56 bits per heavy atom. The molecule has 0 aromatic rings. The van der Waals surface area contributed by atoms with Gasteiger partial charge in [0.1, 0.15) is 0 Å². The molecule has 0 spiro atoms. The molecule has 1 fully saturated rings. The van der Waals surface area contributed by atoms with E-state index < -0.39 is 33.5 Å². The minimum Gasteiger partial charge on any atom is -0.307 e. The molecule has 0 radical (unpaired) electrons. The Morgan fingerprint density at radius 1 is 1.12 bits per heavy atom. The maximum Gasteiger partial charge on any atom is 0.358 e. The Kier molecular flexibility index (Phi) is 5.81. The highest BCUT2D eigenvalue weighted by Gasteiger charge is 2.46. The molecule has 1 aliphatic heterocycles. The fourth-order valence-corrected chi connectivity index (χ4v) is 9.15. The van der Waals surface area contributed by atoms with Crippen LogP contribution in [0.15, 0.2) is 0 Å². The summed E-state index contributed by atoms with van der Waals surface area (Å²) in [6, 6.07) is 0. The molecular formula is C8H17O5PS2. The highest BCUT2D eigenvalue weighted by molar-refractivity contribution is 8.12. The van der Waals surface area contributed by atoms with Gasteiger partial charge in [-0.15, -0.1) is 0 Å². The van der Waals surface area contributed by atoms with E-state index in [9.17, 15) is 13.0 Å². The van der Waals surface area contributed by atoms with Crippen molar-refractivity contribution in [1.29, 1.82) is 0 Å². The van der Waals surface area contributed by atoms with Crippen molar-refractivity contribution < 1.29 is 22.0 Å². The minimum absolute atomic E-state index is 0.197. The van der Waals surface area contributed by atoms with Crippen LogP contribution in [0.3, 0.4) is 0 Å². The number of hydrogen-bond donors (Lipinski definition) is 0. The van der Waals surface area contributed by atoms with Crippen molar-refractivity contribution in [3.05, 3.63) is 0 Å². The van der Waals surface area contributed by atoms with Gasteiger partial charge >= 0.3 is 7.60 Å². The highest BCUT2D eigenvalue weighted by Crippen LogP contribution is 2.56. The van der Waals surface area contributed by atoms with Gasteiger partial charge in [-0.05, 0) is 20.3 Å². The van der Waals surface area contributed by atoms with Crippen LogP contribution in [0, 0.1) is 0 Å². The van der Waals surface area contributed by atoms with Gasteiger partial charge in [0.2, 0.25) is 4.32 Å². The van der Waals surface area contributed by atoms with Crippen LogP contribution in [0.5, 0.6) is 0 Å². The van der Waals surface area contributed by atoms with Gasteiger partial charge in [0, 0.05) is 33.1 Å². The lowest BCUT2D eigenvalue weighted by molar-refractivity contribution is 0.222. The third-order valence-corrected chi connectivity index (χ3v) is 10.3. The van der Waals surface area contributed by atoms with Crippen molar-refractivity contribution in [1.82, 2.24) is 0 Å². The second-order valence-electron chi connectivity index (χ2n) is 3.21. The largest absolute Gasteiger partial charge is 0.358 e. The van der Waals surface area contributed by atoms with Gasteiger partial charge in [0.15, 0.2) is 0 Å². The molecular weight excluding hydrogens is 271 g/mol. The van der Waals surface area contributed by atoms with Crippen molar-refractivity contribution in [3.63, 3.8) is 0 Å². The molecule has 5 nitrogen and oxygen atoms in total. The minimum atomic E-state index is -3.51. The van der Waals surface area contributed by atoms with E-state index in [1.165, 1.54) is 0 Å². The first-order valence-corrected chi connectivity index (χ1v) is 9.56. The summed E-state index contributed by atoms with van der Waals surface area (Å²) < 4.78 is 45.2. The van der Waals surface area contributed by atoms with Gasteiger partial charge in [-0.25, -0.2) is 0 Å². The first-order valence-electron chi connectivity index (χ1n) is 5.18. The van der Waals surface area contributed by atoms with Crippen molar-refractivity contribution >= 4 is 29.2 Å². The molecule has 1 saturated heterocycles. The lowest BCUT2D eigenvalue weighted by atomic mass is 10.6. The molecule has 1 heterocycles. The molecule has 0 aromatic heterocycles. The average Bonchev–Trinajstić information content (AvgIpc) is 2.17. The molecule has 1 rings (SSSR count). The number of hydrogen-bond acceptors (Lipinski definition) is 5. The predicted octanol–water partition coefficient (Wildman–Crippen LogP) is 1.44. The molecule has 0 aliphatic carbocycles. The fourth-order valence-electron chi connectivity index (χ4n) is 1.47. The van der Waals surface area contributed by atoms with Crippen molar-refractivity contribution in [2.75, 3.05) is 24.7 Å². The van der Waals surface area contributed by atoms with Gasteiger partial charge in [0.25, 0.3) is 0 Å². The van der Waals surface area contributed by atoms with Crippen molar-refractivity contribution in [3.8, 4) is 0 Å². The van der Waals surface area contributed by atoms with Crippen LogP contribution in [-0.4, -0.2) is 37.5 Å². The Morgan fingerprint density at radius 3 is 1.94 bits per heavy atom. The zero-order valence-electron chi connectivity index (χ0n) is 9.42. The standard InChI is InChI=1S/C8H17O5PS2/c1-3-12-14(9,13-4-2)8-15(10)6-5-7-16(8)11/h8H,3-7H2,1-2H3/t15-,16-/m1/s1. The summed E-state index contributed by atoms with van der Waals surface area (Å²) in [6.45, 7) is 3.75. The summed E-state index contributed by atoms with van der Waals surface area (Å²) in [6.07, 6.45) is 0.633. The zero-order chi connectivity index (χ0) is 12.2. The SMILES string of the molecule is CCOP(=O)(OCC)C1[S@](=O)CCC[S@]1=O. The summed E-state index contributed by atoms with van der Waals surface area (Å²) in [5, 5.41) is 0. The lowest BCUT2D eigenvalue weighted by Crippen LogP contribution is -2.32. The third-order valence-electron chi connectivity index (χ3n) is 2.02. The fraction of sp³-hybridized carbons (Fsp3) is 1.00. The van der Waals surface area contributed by atoms with Crippen molar-refractivity contribution in [2.45, 2.75) is 24.6 Å². The Bertz CT molecular complexity index is 306. The predicted molar refractivity (Wildman–Crippen MR) is 65.3 cm³/mol. The topological polar surface area (TPSA) is 69.7 Å². The van der Waals surface area contributed by atoms with Crippen molar-refractivity contribution in [2.24, 2.45) is 0 Å². The monoisotopic (exact) mass is 288 g/mol. The van der Waals surface area contributed by atoms with Crippen LogP contribution in [0.1, 0.15) is 20.3 Å². The van der Waals surface area contributed by atoms with E-state index in [2.05, 4.69) is 0 Å². The van der Waals surface area contributed by atoms with Gasteiger partial charge in [-0.1, -0.05) is 0 Å². The van der Waals surface area contributed by atoms with E-state index in [0.29, 0.717) is 17.9 Å². The molecule has 0 bridgehead atoms. The third kappa shape index (κ3) is 3.23. The van der Waals surface area contributed by atoms with Gasteiger partial charge in [-0.2, -0.15) is 0 Å². The average molecular weight is 288 g/mol. The maximum absolute atomic E-state index is 12.4. The van der Waals surface area contributed by atoms with Gasteiger partial charge < -0.3 is 9.05 Å². The van der Waals surface area contributed by atoms with E-state index in [0.717, 1.165) is 0 Å². The summed E-state index contributed by atoms with van der Waals surface area (Å²) in [5.74, 6) is 0.834. The first-order chi connectivity index (χ1) is 7.55. The second-order valence-corrected chi connectivity index (χ2v) is 9.60. The smallest absolute Gasteiger partial charge is 0.307 e. The van der Waals surface area contributed by atoms with Crippen LogP contribution in [0.25, 0.3) is 0 Å². The molecule has 1 aliphatic rings. The van der Waals surface area contributed by atoms with E-state index in [-0.39, 0.29) is 13.2 Å². The van der Waals surface area contributed by atoms with Crippen LogP contribution in [-0.2, 0) is 35.2 Å². The molecule has 96 valence electrons. The van der Waals surface area contributed by atoms with Crippen LogP contribution < -0.4 is 0 Å². The van der Waals surface area contributed by atoms with Crippen LogP contribution >= 0.6 is 7.60 Å². The molecule has 2 atom stereocenters. The second kappa shape index (κ2) is 6.40. The van der Waals surface area contributed by atoms with Gasteiger partial charge in [0.05, 0.1) is 13.2 Å². The molecule has 0 saturated carbocycles. The molecule has 0 N–H and O–H groups in total. The Balaban J connectivity index is 2.95. The molecule has 0 aromatic carbocycles. The Labute approximate surface area is 101 Å². The zero-order valence-corrected chi connectivity index (χ0v) is 11.9. The summed E-state index contributed by atoms with van der Waals surface area (Å²) in [4.78, 5) is 0. The van der Waals surface area contributed by atoms with E-state index in [1.807, 2.05) is 0 Å². The highest BCUT2D eigenvalue weighted by atomic mass is 32.3. The maximum atomic E-state index is 12.4. The van der Waals surface area contributed by atoms with E-state index in [1.54, 1.807) is 13.8 Å². The summed E-state index contributed by atoms with van der Waals surface area (Å²) in [5.41, 5.74) is 0. The van der Waals surface area contributed by atoms with E-state index >= 15 is 0 Å². The quantitative estimate of drug-likeness (QED) is 0.716. The summed E-state index contributed by atoms with van der Waals surface area (Å²) >= 11 is 0. The normalized spacial score (nSPS) is 28.1. The van der Waals surface area contributed by atoms with Gasteiger partial charge in [-0.3, -0.25) is 13.0 Å². The number of rotatable bonds is 5. The van der Waals surface area contributed by atoms with Crippen LogP contribution in [0.2, 0.25) is 0 Å². The van der Waals surface area contributed by atoms with E-state index in [4.69, 9.17) is 9.05 Å². The lowest BCUT2D eigenvalue weighted by Gasteiger charge is -2.27. The summed E-state index contributed by atoms with van der Waals surface area (Å²) in [7, 11) is -6.29. The Hall–Kier alpha value is 0.450. The first kappa shape index (κ1) is 14.5. The van der Waals surface area contributed by atoms with Crippen LogP contribution in [0.4, 0.5) is 0 Å². The molecule has 8 heteroatoms. The molecule has 16 heavy (non-hydrogen) atoms.